The smallest absolute Gasteiger partial charge is 0.320 e. The molecule has 0 bridgehead atoms. The standard InChI is InChI=1S/C22H37N7O2/c1-2-3-15-31-22-25-20(23)19-21(26-22)29(18(16-30)24-19)14-11-27-9-12-28(13-10-27)17-7-5-4-6-8-17/h16-18,24H,2-15H2,1H3,(H2,23,25,26). The van der Waals surface area contributed by atoms with Gasteiger partial charge < -0.3 is 20.7 Å². The summed E-state index contributed by atoms with van der Waals surface area (Å²) in [4.78, 5) is 27.7. The lowest BCUT2D eigenvalue weighted by atomic mass is 9.94. The van der Waals surface area contributed by atoms with E-state index in [-0.39, 0.29) is 6.01 Å². The van der Waals surface area contributed by atoms with Crippen LogP contribution in [0, 0.1) is 0 Å². The highest BCUT2D eigenvalue weighted by atomic mass is 16.5. The van der Waals surface area contributed by atoms with Crippen LogP contribution in [0.5, 0.6) is 6.01 Å². The number of carbonyl (C=O) groups excluding carboxylic acids is 1. The quantitative estimate of drug-likeness (QED) is 0.449. The summed E-state index contributed by atoms with van der Waals surface area (Å²) in [6.07, 6.45) is 9.30. The second kappa shape index (κ2) is 10.5. The molecular formula is C22H37N7O2. The lowest BCUT2D eigenvalue weighted by molar-refractivity contribution is -0.108. The summed E-state index contributed by atoms with van der Waals surface area (Å²) < 4.78 is 5.67. The van der Waals surface area contributed by atoms with E-state index < -0.39 is 6.17 Å². The van der Waals surface area contributed by atoms with Crippen molar-refractivity contribution in [3.05, 3.63) is 0 Å². The lowest BCUT2D eigenvalue weighted by Gasteiger charge is -2.41. The molecule has 0 radical (unpaired) electrons. The molecule has 1 aliphatic carbocycles. The molecule has 9 heteroatoms. The van der Waals surface area contributed by atoms with E-state index in [0.29, 0.717) is 30.5 Å². The number of unbranched alkanes of at least 4 members (excludes halogenated alkanes) is 1. The minimum Gasteiger partial charge on any atom is -0.463 e. The highest BCUT2D eigenvalue weighted by Gasteiger charge is 2.33. The maximum Gasteiger partial charge on any atom is 0.320 e. The monoisotopic (exact) mass is 431 g/mol. The summed E-state index contributed by atoms with van der Waals surface area (Å²) in [5.41, 5.74) is 6.76. The van der Waals surface area contributed by atoms with Crippen LogP contribution in [-0.2, 0) is 4.79 Å². The lowest BCUT2D eigenvalue weighted by Crippen LogP contribution is -2.52. The average molecular weight is 432 g/mol. The number of ether oxygens (including phenoxy) is 1. The van der Waals surface area contributed by atoms with Crippen LogP contribution in [0.3, 0.4) is 0 Å². The summed E-state index contributed by atoms with van der Waals surface area (Å²) >= 11 is 0. The van der Waals surface area contributed by atoms with E-state index >= 15 is 0 Å². The zero-order valence-corrected chi connectivity index (χ0v) is 18.8. The number of nitrogen functional groups attached to an aromatic ring is 1. The Labute approximate surface area is 185 Å². The van der Waals surface area contributed by atoms with E-state index in [9.17, 15) is 4.79 Å². The fourth-order valence-corrected chi connectivity index (χ4v) is 4.92. The number of nitrogens with zero attached hydrogens (tertiary/aromatic N) is 5. The molecule has 172 valence electrons. The molecular weight excluding hydrogens is 394 g/mol. The first-order valence-corrected chi connectivity index (χ1v) is 11.9. The van der Waals surface area contributed by atoms with Gasteiger partial charge in [-0.2, -0.15) is 9.97 Å². The van der Waals surface area contributed by atoms with Crippen molar-refractivity contribution in [2.75, 3.05) is 61.8 Å². The Morgan fingerprint density at radius 1 is 1.13 bits per heavy atom. The molecule has 3 aliphatic rings. The normalized spacial score (nSPS) is 22.9. The van der Waals surface area contributed by atoms with Crippen molar-refractivity contribution in [2.45, 2.75) is 64.1 Å². The van der Waals surface area contributed by atoms with Crippen molar-refractivity contribution >= 4 is 23.6 Å². The number of anilines is 3. The fourth-order valence-electron chi connectivity index (χ4n) is 4.92. The van der Waals surface area contributed by atoms with E-state index in [1.807, 2.05) is 4.90 Å². The number of piperazine rings is 1. The number of aldehydes is 1. The highest BCUT2D eigenvalue weighted by Crippen LogP contribution is 2.37. The van der Waals surface area contributed by atoms with Crippen LogP contribution >= 0.6 is 0 Å². The molecule has 1 saturated heterocycles. The summed E-state index contributed by atoms with van der Waals surface area (Å²) in [5.74, 6) is 0.990. The van der Waals surface area contributed by atoms with E-state index in [0.717, 1.165) is 57.9 Å². The zero-order chi connectivity index (χ0) is 21.6. The summed E-state index contributed by atoms with van der Waals surface area (Å²) in [7, 11) is 0. The molecule has 1 aromatic heterocycles. The zero-order valence-electron chi connectivity index (χ0n) is 18.8. The van der Waals surface area contributed by atoms with Gasteiger partial charge in [0.15, 0.2) is 24.1 Å². The first-order valence-electron chi connectivity index (χ1n) is 11.9. The molecule has 1 atom stereocenters. The molecule has 2 fully saturated rings. The molecule has 0 spiro atoms. The van der Waals surface area contributed by atoms with E-state index in [4.69, 9.17) is 10.5 Å². The number of rotatable bonds is 9. The van der Waals surface area contributed by atoms with Crippen molar-refractivity contribution in [1.29, 1.82) is 0 Å². The van der Waals surface area contributed by atoms with Crippen molar-refractivity contribution in [2.24, 2.45) is 0 Å². The number of fused-ring (bicyclic) bond motifs is 1. The molecule has 3 N–H and O–H groups in total. The second-order valence-electron chi connectivity index (χ2n) is 8.88. The maximum absolute atomic E-state index is 11.7. The average Bonchev–Trinajstić information content (AvgIpc) is 3.17. The predicted octanol–water partition coefficient (Wildman–Crippen LogP) is 1.94. The number of aromatic nitrogens is 2. The summed E-state index contributed by atoms with van der Waals surface area (Å²) in [5, 5.41) is 3.16. The Morgan fingerprint density at radius 3 is 2.61 bits per heavy atom. The van der Waals surface area contributed by atoms with Gasteiger partial charge >= 0.3 is 6.01 Å². The van der Waals surface area contributed by atoms with Gasteiger partial charge in [-0.1, -0.05) is 32.6 Å². The number of hydrogen-bond donors (Lipinski definition) is 2. The van der Waals surface area contributed by atoms with Gasteiger partial charge in [-0.05, 0) is 19.3 Å². The van der Waals surface area contributed by atoms with Gasteiger partial charge in [0.1, 0.15) is 5.69 Å². The van der Waals surface area contributed by atoms with Crippen molar-refractivity contribution in [3.63, 3.8) is 0 Å². The van der Waals surface area contributed by atoms with Crippen LogP contribution in [0.4, 0.5) is 17.3 Å². The molecule has 2 aliphatic heterocycles. The molecule has 3 heterocycles. The first kappa shape index (κ1) is 22.1. The fraction of sp³-hybridized carbons (Fsp3) is 0.773. The molecule has 31 heavy (non-hydrogen) atoms. The molecule has 0 amide bonds. The first-order chi connectivity index (χ1) is 15.2. The number of carbonyl (C=O) groups is 1. The number of nitrogens with one attached hydrogen (secondary N) is 1. The van der Waals surface area contributed by atoms with Crippen molar-refractivity contribution in [3.8, 4) is 6.01 Å². The second-order valence-corrected chi connectivity index (χ2v) is 8.88. The van der Waals surface area contributed by atoms with Gasteiger partial charge in [0.05, 0.1) is 6.61 Å². The summed E-state index contributed by atoms with van der Waals surface area (Å²) in [6.45, 7) is 8.70. The Morgan fingerprint density at radius 2 is 1.90 bits per heavy atom. The van der Waals surface area contributed by atoms with Gasteiger partial charge in [-0.25, -0.2) is 0 Å². The van der Waals surface area contributed by atoms with Gasteiger partial charge in [-0.15, -0.1) is 0 Å². The third-order valence-corrected chi connectivity index (χ3v) is 6.81. The Balaban J connectivity index is 1.34. The predicted molar refractivity (Wildman–Crippen MR) is 123 cm³/mol. The minimum absolute atomic E-state index is 0.282. The molecule has 9 nitrogen and oxygen atoms in total. The Hall–Kier alpha value is -2.13. The number of hydrogen-bond acceptors (Lipinski definition) is 9. The third kappa shape index (κ3) is 5.20. The van der Waals surface area contributed by atoms with Gasteiger partial charge in [0.25, 0.3) is 0 Å². The molecule has 4 rings (SSSR count). The molecule has 0 aromatic carbocycles. The van der Waals surface area contributed by atoms with E-state index in [2.05, 4.69) is 32.0 Å². The highest BCUT2D eigenvalue weighted by molar-refractivity contribution is 5.87. The van der Waals surface area contributed by atoms with Crippen molar-refractivity contribution in [1.82, 2.24) is 19.8 Å². The maximum atomic E-state index is 11.7. The SMILES string of the molecule is CCCCOc1nc(N)c2c(n1)N(CCN1CCN(C3CCCCC3)CC1)C(C=O)N2. The van der Waals surface area contributed by atoms with Crippen LogP contribution in [0.25, 0.3) is 0 Å². The van der Waals surface area contributed by atoms with Crippen LogP contribution in [0.15, 0.2) is 0 Å². The topological polar surface area (TPSA) is 99.8 Å². The van der Waals surface area contributed by atoms with Gasteiger partial charge in [0, 0.05) is 45.3 Å². The minimum atomic E-state index is -0.471. The van der Waals surface area contributed by atoms with Gasteiger partial charge in [0.2, 0.25) is 0 Å². The largest absolute Gasteiger partial charge is 0.463 e. The van der Waals surface area contributed by atoms with Crippen molar-refractivity contribution < 1.29 is 9.53 Å². The van der Waals surface area contributed by atoms with Crippen LogP contribution in [-0.4, -0.2) is 84.1 Å². The van der Waals surface area contributed by atoms with E-state index in [1.54, 1.807) is 0 Å². The molecule has 1 aromatic rings. The van der Waals surface area contributed by atoms with Crippen LogP contribution < -0.4 is 20.7 Å². The number of nitrogens with two attached hydrogens (primary N) is 1. The molecule has 1 unspecified atom stereocenters. The third-order valence-electron chi connectivity index (χ3n) is 6.81. The van der Waals surface area contributed by atoms with Crippen LogP contribution in [0.2, 0.25) is 0 Å². The molecule has 1 saturated carbocycles. The Bertz CT molecular complexity index is 733. The summed E-state index contributed by atoms with van der Waals surface area (Å²) in [6, 6.07) is 1.07. The van der Waals surface area contributed by atoms with Gasteiger partial charge in [-0.3, -0.25) is 14.6 Å². The Kier molecular flexibility index (Phi) is 7.45. The van der Waals surface area contributed by atoms with Crippen LogP contribution in [0.1, 0.15) is 51.9 Å². The van der Waals surface area contributed by atoms with E-state index in [1.165, 1.54) is 32.1 Å².